The summed E-state index contributed by atoms with van der Waals surface area (Å²) in [7, 11) is 1.42. The van der Waals surface area contributed by atoms with Gasteiger partial charge in [-0.05, 0) is 75.7 Å². The molecule has 1 amide bonds. The van der Waals surface area contributed by atoms with E-state index in [9.17, 15) is 10.1 Å². The average molecular weight is 708 g/mol. The van der Waals surface area contributed by atoms with E-state index >= 15 is 0 Å². The normalized spacial score (nSPS) is 16.3. The molecule has 3 aromatic rings. The lowest BCUT2D eigenvalue weighted by Gasteiger charge is -2.39. The number of aromatic nitrogens is 3. The van der Waals surface area contributed by atoms with Crippen LogP contribution in [0.5, 0.6) is 0 Å². The van der Waals surface area contributed by atoms with E-state index in [4.69, 9.17) is 35.5 Å². The van der Waals surface area contributed by atoms with Crippen molar-refractivity contribution in [2.24, 2.45) is 0 Å². The van der Waals surface area contributed by atoms with Crippen molar-refractivity contribution in [1.29, 1.82) is 5.26 Å². The molecule has 1 N–H and O–H groups in total. The molecule has 0 spiro atoms. The van der Waals surface area contributed by atoms with Gasteiger partial charge in [-0.2, -0.15) is 5.26 Å². The molecule has 0 saturated heterocycles. The standard InChI is InChI=1S/C36H50ClN7O4Si/c1-23-29(19-27(37)31(40-23)43(9)15-16-46-10)42-32-39-14-13-28(41-32)24-17-25(20-38)30-26(18-24)36(8,22-47-49(11,12)35(5,6)7)21-44(30)33(45)48-34(2,3)4/h13-14,17-19H,15-16,21-22H2,1-12H3,(H,39,41,42)/t36-/m1/s1. The molecule has 1 aliphatic heterocycles. The fourth-order valence-corrected chi connectivity index (χ4v) is 6.69. The van der Waals surface area contributed by atoms with Gasteiger partial charge in [0.1, 0.15) is 17.5 Å². The van der Waals surface area contributed by atoms with Crippen LogP contribution in [-0.4, -0.2) is 75.4 Å². The highest BCUT2D eigenvalue weighted by Crippen LogP contribution is 2.47. The number of halogens is 1. The van der Waals surface area contributed by atoms with E-state index in [1.807, 2.05) is 45.7 Å². The van der Waals surface area contributed by atoms with Gasteiger partial charge in [-0.1, -0.05) is 39.3 Å². The van der Waals surface area contributed by atoms with Crippen LogP contribution >= 0.6 is 11.6 Å². The van der Waals surface area contributed by atoms with Gasteiger partial charge in [-0.3, -0.25) is 4.90 Å². The second-order valence-corrected chi connectivity index (χ2v) is 20.7. The van der Waals surface area contributed by atoms with Crippen LogP contribution in [0.3, 0.4) is 0 Å². The highest BCUT2D eigenvalue weighted by atomic mass is 35.5. The number of nitrogens with zero attached hydrogens (tertiary/aromatic N) is 6. The van der Waals surface area contributed by atoms with Gasteiger partial charge in [-0.15, -0.1) is 0 Å². The Kier molecular flexibility index (Phi) is 11.0. The van der Waals surface area contributed by atoms with Crippen molar-refractivity contribution in [3.8, 4) is 17.3 Å². The topological polar surface area (TPSA) is 126 Å². The number of carbonyl (C=O) groups is 1. The maximum Gasteiger partial charge on any atom is 0.414 e. The summed E-state index contributed by atoms with van der Waals surface area (Å²) in [6.07, 6.45) is 1.16. The van der Waals surface area contributed by atoms with E-state index in [1.54, 1.807) is 36.4 Å². The van der Waals surface area contributed by atoms with Gasteiger partial charge in [0.2, 0.25) is 5.95 Å². The van der Waals surface area contributed by atoms with Crippen LogP contribution < -0.4 is 15.1 Å². The molecule has 3 heterocycles. The maximum absolute atomic E-state index is 13.6. The molecule has 0 fully saturated rings. The summed E-state index contributed by atoms with van der Waals surface area (Å²) in [5.74, 6) is 0.997. The van der Waals surface area contributed by atoms with Gasteiger partial charge >= 0.3 is 6.09 Å². The number of anilines is 4. The molecule has 11 nitrogen and oxygen atoms in total. The lowest BCUT2D eigenvalue weighted by atomic mass is 9.83. The molecule has 1 aromatic carbocycles. The van der Waals surface area contributed by atoms with E-state index in [1.165, 1.54) is 0 Å². The van der Waals surface area contributed by atoms with E-state index in [0.717, 1.165) is 11.3 Å². The number of hydrogen-bond acceptors (Lipinski definition) is 10. The molecule has 49 heavy (non-hydrogen) atoms. The second kappa shape index (κ2) is 14.2. The number of nitrogens with one attached hydrogen (secondary N) is 1. The van der Waals surface area contributed by atoms with Gasteiger partial charge in [0, 0.05) is 51.0 Å². The maximum atomic E-state index is 13.6. The zero-order valence-electron chi connectivity index (χ0n) is 30.9. The van der Waals surface area contributed by atoms with Crippen molar-refractivity contribution in [3.63, 3.8) is 0 Å². The van der Waals surface area contributed by atoms with Crippen LogP contribution in [-0.2, 0) is 19.3 Å². The Balaban J connectivity index is 1.75. The minimum absolute atomic E-state index is 0.00196. The predicted molar refractivity (Wildman–Crippen MR) is 199 cm³/mol. The Morgan fingerprint density at radius 3 is 2.49 bits per heavy atom. The lowest BCUT2D eigenvalue weighted by Crippen LogP contribution is -2.46. The Morgan fingerprint density at radius 1 is 1.18 bits per heavy atom. The number of methoxy groups -OCH3 is 1. The number of pyridine rings is 1. The first-order valence-corrected chi connectivity index (χ1v) is 19.7. The summed E-state index contributed by atoms with van der Waals surface area (Å²) in [4.78, 5) is 31.1. The fourth-order valence-electron chi connectivity index (χ4n) is 5.28. The Morgan fingerprint density at radius 2 is 1.88 bits per heavy atom. The Bertz CT molecular complexity index is 1750. The molecule has 0 radical (unpaired) electrons. The summed E-state index contributed by atoms with van der Waals surface area (Å²) in [5, 5.41) is 14.2. The van der Waals surface area contributed by atoms with E-state index in [-0.39, 0.29) is 5.04 Å². The zero-order valence-corrected chi connectivity index (χ0v) is 32.7. The fraction of sp³-hybridized carbons (Fsp3) is 0.528. The second-order valence-electron chi connectivity index (χ2n) is 15.4. The number of rotatable bonds is 10. The number of aryl methyl sites for hydroxylation is 1. The Hall–Kier alpha value is -3.76. The van der Waals surface area contributed by atoms with Crippen molar-refractivity contribution >= 4 is 49.2 Å². The molecule has 0 bridgehead atoms. The molecule has 0 unspecified atom stereocenters. The quantitative estimate of drug-likeness (QED) is 0.206. The largest absolute Gasteiger partial charge is 0.443 e. The van der Waals surface area contributed by atoms with Crippen molar-refractivity contribution < 1.29 is 18.7 Å². The first kappa shape index (κ1) is 38.0. The van der Waals surface area contributed by atoms with Crippen LogP contribution in [0.4, 0.5) is 27.9 Å². The van der Waals surface area contributed by atoms with Crippen molar-refractivity contribution in [1.82, 2.24) is 15.0 Å². The molecular weight excluding hydrogens is 658 g/mol. The summed E-state index contributed by atoms with van der Waals surface area (Å²) < 4.78 is 17.7. The lowest BCUT2D eigenvalue weighted by molar-refractivity contribution is 0.0575. The van der Waals surface area contributed by atoms with Gasteiger partial charge in [0.15, 0.2) is 8.32 Å². The van der Waals surface area contributed by atoms with Crippen LogP contribution in [0, 0.1) is 18.3 Å². The van der Waals surface area contributed by atoms with E-state index < -0.39 is 25.4 Å². The molecule has 1 atom stereocenters. The first-order valence-electron chi connectivity index (χ1n) is 16.4. The predicted octanol–water partition coefficient (Wildman–Crippen LogP) is 8.23. The first-order chi connectivity index (χ1) is 22.7. The van der Waals surface area contributed by atoms with Gasteiger partial charge in [-0.25, -0.2) is 19.7 Å². The summed E-state index contributed by atoms with van der Waals surface area (Å²) >= 11 is 6.63. The van der Waals surface area contributed by atoms with E-state index in [0.29, 0.717) is 71.3 Å². The van der Waals surface area contributed by atoms with Gasteiger partial charge in [0.25, 0.3) is 0 Å². The molecule has 0 aliphatic carbocycles. The molecule has 4 rings (SSSR count). The highest BCUT2D eigenvalue weighted by Gasteiger charge is 2.47. The minimum atomic E-state index is -2.15. The number of benzene rings is 1. The SMILES string of the molecule is COCCN(C)c1nc(C)c(Nc2nccc(-c3cc(C#N)c4c(c3)[C@@](C)(CO[Si](C)(C)C(C)(C)C)CN4C(=O)OC(C)(C)C)n2)cc1Cl. The molecule has 1 aliphatic rings. The van der Waals surface area contributed by atoms with Crippen LogP contribution in [0.1, 0.15) is 65.3 Å². The summed E-state index contributed by atoms with van der Waals surface area (Å²) in [5.41, 5.74) is 3.12. The number of carbonyl (C=O) groups excluding carboxylic acids is 1. The Labute approximate surface area is 297 Å². The van der Waals surface area contributed by atoms with Crippen molar-refractivity contribution in [3.05, 3.63) is 52.3 Å². The number of fused-ring (bicyclic) bond motifs is 1. The molecule has 2 aromatic heterocycles. The number of ether oxygens (including phenoxy) is 2. The van der Waals surface area contributed by atoms with E-state index in [2.05, 4.69) is 57.2 Å². The minimum Gasteiger partial charge on any atom is -0.443 e. The third-order valence-corrected chi connectivity index (χ3v) is 13.9. The summed E-state index contributed by atoms with van der Waals surface area (Å²) in [6.45, 7) is 22.4. The molecular formula is C36H50ClN7O4Si. The average Bonchev–Trinajstić information content (AvgIpc) is 3.31. The van der Waals surface area contributed by atoms with Crippen LogP contribution in [0.25, 0.3) is 11.3 Å². The van der Waals surface area contributed by atoms with Crippen LogP contribution in [0.2, 0.25) is 23.2 Å². The number of hydrogen-bond donors (Lipinski definition) is 1. The smallest absolute Gasteiger partial charge is 0.414 e. The van der Waals surface area contributed by atoms with Gasteiger partial charge < -0.3 is 24.1 Å². The van der Waals surface area contributed by atoms with Crippen molar-refractivity contribution in [2.75, 3.05) is 55.6 Å². The third-order valence-electron chi connectivity index (χ3n) is 9.17. The molecule has 264 valence electrons. The van der Waals surface area contributed by atoms with Crippen LogP contribution in [0.15, 0.2) is 30.5 Å². The zero-order chi connectivity index (χ0) is 36.5. The number of likely N-dealkylation sites (N-methyl/N-ethyl adjacent to an activating group) is 1. The molecule has 13 heteroatoms. The van der Waals surface area contributed by atoms with Crippen molar-refractivity contribution in [2.45, 2.75) is 84.5 Å². The third kappa shape index (κ3) is 8.52. The molecule has 0 saturated carbocycles. The summed E-state index contributed by atoms with van der Waals surface area (Å²) in [6, 6.07) is 9.71. The monoisotopic (exact) mass is 707 g/mol. The number of nitriles is 1. The highest BCUT2D eigenvalue weighted by molar-refractivity contribution is 6.74. The van der Waals surface area contributed by atoms with Gasteiger partial charge in [0.05, 0.1) is 40.0 Å². The number of amides is 1.